The monoisotopic (exact) mass is 258 g/mol. The minimum absolute atomic E-state index is 0.0417. The largest absolute Gasteiger partial charge is 0.396 e. The van der Waals surface area contributed by atoms with Gasteiger partial charge in [0.2, 0.25) is 0 Å². The van der Waals surface area contributed by atoms with Crippen LogP contribution in [0.25, 0.3) is 0 Å². The van der Waals surface area contributed by atoms with E-state index in [9.17, 15) is 14.7 Å². The number of nitrogens with one attached hydrogen (secondary N) is 1. The summed E-state index contributed by atoms with van der Waals surface area (Å²) in [5.41, 5.74) is 1.31. The molecule has 1 aliphatic carbocycles. The van der Waals surface area contributed by atoms with Gasteiger partial charge in [-0.05, 0) is 17.5 Å². The summed E-state index contributed by atoms with van der Waals surface area (Å²) in [7, 11) is 0. The summed E-state index contributed by atoms with van der Waals surface area (Å²) >= 11 is 0. The molecule has 0 saturated carbocycles. The minimum Gasteiger partial charge on any atom is -0.396 e. The van der Waals surface area contributed by atoms with E-state index in [4.69, 9.17) is 0 Å². The fraction of sp³-hybridized carbons (Fsp3) is 0.286. The summed E-state index contributed by atoms with van der Waals surface area (Å²) in [4.78, 5) is 25.3. The second kappa shape index (κ2) is 4.51. The molecule has 2 aromatic rings. The van der Waals surface area contributed by atoms with Crippen molar-refractivity contribution in [3.63, 3.8) is 0 Å². The molecular formula is C14H14N2O3. The van der Waals surface area contributed by atoms with Crippen LogP contribution in [-0.2, 0) is 0 Å². The fourth-order valence-corrected chi connectivity index (χ4v) is 2.82. The number of hydrogen-bond acceptors (Lipinski definition) is 3. The Morgan fingerprint density at radius 2 is 1.95 bits per heavy atom. The molecule has 2 atom stereocenters. The van der Waals surface area contributed by atoms with Crippen molar-refractivity contribution >= 4 is 0 Å². The number of H-pyrrole nitrogens is 1. The number of aliphatic hydroxyl groups is 1. The number of aliphatic hydroxyl groups excluding tert-OH is 1. The fourth-order valence-electron chi connectivity index (χ4n) is 2.82. The molecule has 1 aromatic carbocycles. The molecule has 2 N–H and O–H groups in total. The van der Waals surface area contributed by atoms with Gasteiger partial charge in [-0.15, -0.1) is 0 Å². The van der Waals surface area contributed by atoms with Gasteiger partial charge >= 0.3 is 5.69 Å². The zero-order valence-electron chi connectivity index (χ0n) is 10.2. The highest BCUT2D eigenvalue weighted by molar-refractivity contribution is 5.38. The second-order valence-electron chi connectivity index (χ2n) is 4.78. The molecule has 0 spiro atoms. The van der Waals surface area contributed by atoms with E-state index in [0.717, 1.165) is 11.1 Å². The van der Waals surface area contributed by atoms with Crippen LogP contribution >= 0.6 is 0 Å². The van der Waals surface area contributed by atoms with Gasteiger partial charge in [-0.2, -0.15) is 0 Å². The van der Waals surface area contributed by atoms with Crippen LogP contribution in [0.5, 0.6) is 0 Å². The van der Waals surface area contributed by atoms with Gasteiger partial charge in [-0.25, -0.2) is 4.79 Å². The van der Waals surface area contributed by atoms with Gasteiger partial charge in [-0.3, -0.25) is 14.3 Å². The zero-order valence-corrected chi connectivity index (χ0v) is 10.2. The normalized spacial score (nSPS) is 21.3. The maximum Gasteiger partial charge on any atom is 0.328 e. The SMILES string of the molecule is O=c1ccn([C@@H]2C[C@H](CO)c3ccccc32)c(=O)[nH]1. The lowest BCUT2D eigenvalue weighted by atomic mass is 10.0. The average molecular weight is 258 g/mol. The van der Waals surface area contributed by atoms with E-state index in [1.54, 1.807) is 0 Å². The van der Waals surface area contributed by atoms with Crippen molar-refractivity contribution in [1.29, 1.82) is 0 Å². The van der Waals surface area contributed by atoms with Crippen molar-refractivity contribution in [1.82, 2.24) is 9.55 Å². The van der Waals surface area contributed by atoms with E-state index in [-0.39, 0.29) is 18.6 Å². The molecule has 1 aromatic heterocycles. The number of fused-ring (bicyclic) bond motifs is 1. The number of aromatic amines is 1. The van der Waals surface area contributed by atoms with Gasteiger partial charge < -0.3 is 5.11 Å². The highest BCUT2D eigenvalue weighted by Crippen LogP contribution is 2.41. The standard InChI is InChI=1S/C14H14N2O3/c17-8-9-7-12(11-4-2-1-3-10(9)11)16-6-5-13(18)15-14(16)19/h1-6,9,12,17H,7-8H2,(H,15,18,19)/t9-,12-/m1/s1. The molecule has 0 amide bonds. The van der Waals surface area contributed by atoms with Crippen LogP contribution in [0.15, 0.2) is 46.1 Å². The third-order valence-corrected chi connectivity index (χ3v) is 3.71. The molecule has 0 saturated heterocycles. The van der Waals surface area contributed by atoms with E-state index in [2.05, 4.69) is 4.98 Å². The van der Waals surface area contributed by atoms with Crippen molar-refractivity contribution in [2.24, 2.45) is 0 Å². The summed E-state index contributed by atoms with van der Waals surface area (Å²) in [6, 6.07) is 9.01. The molecule has 98 valence electrons. The topological polar surface area (TPSA) is 75.1 Å². The lowest BCUT2D eigenvalue weighted by Crippen LogP contribution is -2.31. The molecular weight excluding hydrogens is 244 g/mol. The first-order valence-corrected chi connectivity index (χ1v) is 6.22. The van der Waals surface area contributed by atoms with Gasteiger partial charge in [0.1, 0.15) is 0 Å². The summed E-state index contributed by atoms with van der Waals surface area (Å²) < 4.78 is 1.52. The maximum absolute atomic E-state index is 11.9. The molecule has 3 rings (SSSR count). The molecule has 1 heterocycles. The van der Waals surface area contributed by atoms with E-state index >= 15 is 0 Å². The van der Waals surface area contributed by atoms with Crippen molar-refractivity contribution < 1.29 is 5.11 Å². The highest BCUT2D eigenvalue weighted by atomic mass is 16.3. The Balaban J connectivity index is 2.13. The van der Waals surface area contributed by atoms with Crippen LogP contribution in [0.1, 0.15) is 29.5 Å². The summed E-state index contributed by atoms with van der Waals surface area (Å²) in [5, 5.41) is 9.45. The Morgan fingerprint density at radius 1 is 1.21 bits per heavy atom. The predicted molar refractivity (Wildman–Crippen MR) is 70.3 cm³/mol. The van der Waals surface area contributed by atoms with E-state index in [0.29, 0.717) is 6.42 Å². The quantitative estimate of drug-likeness (QED) is 0.828. The smallest absolute Gasteiger partial charge is 0.328 e. The Labute approximate surface area is 109 Å². The van der Waals surface area contributed by atoms with Gasteiger partial charge in [0.15, 0.2) is 0 Å². The Bertz CT molecular complexity index is 717. The molecule has 1 aliphatic rings. The van der Waals surface area contributed by atoms with Crippen LogP contribution in [0.3, 0.4) is 0 Å². The number of rotatable bonds is 2. The molecule has 0 fully saturated rings. The molecule has 0 aliphatic heterocycles. The molecule has 5 heteroatoms. The Kier molecular flexibility index (Phi) is 2.83. The van der Waals surface area contributed by atoms with Crippen LogP contribution in [-0.4, -0.2) is 21.3 Å². The van der Waals surface area contributed by atoms with Crippen LogP contribution in [0.4, 0.5) is 0 Å². The van der Waals surface area contributed by atoms with Crippen LogP contribution in [0, 0.1) is 0 Å². The Morgan fingerprint density at radius 3 is 2.63 bits per heavy atom. The van der Waals surface area contributed by atoms with Crippen molar-refractivity contribution in [2.75, 3.05) is 6.61 Å². The molecule has 0 unspecified atom stereocenters. The number of hydrogen-bond donors (Lipinski definition) is 2. The van der Waals surface area contributed by atoms with Crippen molar-refractivity contribution in [3.8, 4) is 0 Å². The molecule has 0 radical (unpaired) electrons. The first-order chi connectivity index (χ1) is 9.20. The predicted octanol–water partition coefficient (Wildman–Crippen LogP) is 0.606. The van der Waals surface area contributed by atoms with Gasteiger partial charge in [0.25, 0.3) is 5.56 Å². The Hall–Kier alpha value is -2.14. The van der Waals surface area contributed by atoms with E-state index < -0.39 is 11.2 Å². The van der Waals surface area contributed by atoms with E-state index in [1.165, 1.54) is 16.8 Å². The number of aromatic nitrogens is 2. The second-order valence-corrected chi connectivity index (χ2v) is 4.78. The van der Waals surface area contributed by atoms with Crippen molar-refractivity contribution in [2.45, 2.75) is 18.4 Å². The van der Waals surface area contributed by atoms with Gasteiger partial charge in [-0.1, -0.05) is 24.3 Å². The third kappa shape index (κ3) is 1.92. The van der Waals surface area contributed by atoms with Crippen LogP contribution < -0.4 is 11.2 Å². The maximum atomic E-state index is 11.9. The lowest BCUT2D eigenvalue weighted by molar-refractivity contribution is 0.258. The number of benzene rings is 1. The first kappa shape index (κ1) is 11.9. The first-order valence-electron chi connectivity index (χ1n) is 6.22. The molecule has 19 heavy (non-hydrogen) atoms. The van der Waals surface area contributed by atoms with E-state index in [1.807, 2.05) is 24.3 Å². The third-order valence-electron chi connectivity index (χ3n) is 3.71. The minimum atomic E-state index is -0.411. The average Bonchev–Trinajstić information content (AvgIpc) is 2.78. The zero-order chi connectivity index (χ0) is 13.4. The van der Waals surface area contributed by atoms with Crippen molar-refractivity contribution in [3.05, 3.63) is 68.5 Å². The summed E-state index contributed by atoms with van der Waals surface area (Å²) in [6.07, 6.45) is 2.18. The molecule has 5 nitrogen and oxygen atoms in total. The van der Waals surface area contributed by atoms with Gasteiger partial charge in [0.05, 0.1) is 12.6 Å². The summed E-state index contributed by atoms with van der Waals surface area (Å²) in [6.45, 7) is 0.0611. The van der Waals surface area contributed by atoms with Gasteiger partial charge in [0, 0.05) is 18.2 Å². The number of nitrogens with zero attached hydrogens (tertiary/aromatic N) is 1. The summed E-state index contributed by atoms with van der Waals surface area (Å²) in [5.74, 6) is 0.0417. The highest BCUT2D eigenvalue weighted by Gasteiger charge is 2.31. The molecule has 0 bridgehead atoms. The lowest BCUT2D eigenvalue weighted by Gasteiger charge is -2.14. The van der Waals surface area contributed by atoms with Crippen LogP contribution in [0.2, 0.25) is 0 Å².